The van der Waals surface area contributed by atoms with Crippen molar-refractivity contribution in [1.29, 1.82) is 0 Å². The van der Waals surface area contributed by atoms with Gasteiger partial charge in [0.2, 0.25) is 0 Å². The fraction of sp³-hybridized carbons (Fsp3) is 0.538. The zero-order valence-electron chi connectivity index (χ0n) is 17.4. The molecule has 0 heteroatoms. The van der Waals surface area contributed by atoms with Gasteiger partial charge >= 0.3 is 0 Å². The zero-order chi connectivity index (χ0) is 18.5. The molecular formula is C26H36. The van der Waals surface area contributed by atoms with Crippen LogP contribution in [0.4, 0.5) is 0 Å². The van der Waals surface area contributed by atoms with Crippen molar-refractivity contribution in [3.63, 3.8) is 0 Å². The third-order valence-electron chi connectivity index (χ3n) is 6.55. The minimum Gasteiger partial charge on any atom is -0.0654 e. The van der Waals surface area contributed by atoms with Crippen LogP contribution in [0, 0.1) is 20.8 Å². The Morgan fingerprint density at radius 2 is 1.38 bits per heavy atom. The summed E-state index contributed by atoms with van der Waals surface area (Å²) >= 11 is 0. The fourth-order valence-corrected chi connectivity index (χ4v) is 4.74. The van der Waals surface area contributed by atoms with Crippen LogP contribution < -0.4 is 0 Å². The molecule has 3 rings (SSSR count). The van der Waals surface area contributed by atoms with Crippen molar-refractivity contribution in [2.45, 2.75) is 91.9 Å². The molecule has 0 bridgehead atoms. The summed E-state index contributed by atoms with van der Waals surface area (Å²) in [6.45, 7) is 9.29. The zero-order valence-corrected chi connectivity index (χ0v) is 17.4. The minimum absolute atomic E-state index is 1.14. The van der Waals surface area contributed by atoms with Gasteiger partial charge in [0.05, 0.1) is 0 Å². The molecule has 0 unspecified atom stereocenters. The van der Waals surface area contributed by atoms with Crippen LogP contribution in [0.2, 0.25) is 0 Å². The third-order valence-corrected chi connectivity index (χ3v) is 6.55. The van der Waals surface area contributed by atoms with Crippen molar-refractivity contribution in [2.75, 3.05) is 0 Å². The molecule has 0 atom stereocenters. The molecule has 26 heavy (non-hydrogen) atoms. The highest BCUT2D eigenvalue weighted by Crippen LogP contribution is 2.43. The summed E-state index contributed by atoms with van der Waals surface area (Å²) < 4.78 is 0. The van der Waals surface area contributed by atoms with Crippen LogP contribution in [0.15, 0.2) is 24.3 Å². The monoisotopic (exact) mass is 348 g/mol. The number of fused-ring (bicyclic) bond motifs is 3. The summed E-state index contributed by atoms with van der Waals surface area (Å²) in [6.07, 6.45) is 13.6. The van der Waals surface area contributed by atoms with E-state index in [9.17, 15) is 0 Å². The van der Waals surface area contributed by atoms with E-state index in [1.165, 1.54) is 80.0 Å². The first-order valence-electron chi connectivity index (χ1n) is 10.8. The molecule has 2 aromatic carbocycles. The van der Waals surface area contributed by atoms with Crippen molar-refractivity contribution in [3.8, 4) is 11.1 Å². The maximum absolute atomic E-state index is 2.35. The topological polar surface area (TPSA) is 0 Å². The van der Waals surface area contributed by atoms with Crippen LogP contribution >= 0.6 is 0 Å². The van der Waals surface area contributed by atoms with Crippen LogP contribution in [0.5, 0.6) is 0 Å². The summed E-state index contributed by atoms with van der Waals surface area (Å²) in [7, 11) is 0. The van der Waals surface area contributed by atoms with Gasteiger partial charge in [-0.1, -0.05) is 76.1 Å². The van der Waals surface area contributed by atoms with Gasteiger partial charge < -0.3 is 0 Å². The fourth-order valence-electron chi connectivity index (χ4n) is 4.74. The molecule has 0 radical (unpaired) electrons. The van der Waals surface area contributed by atoms with E-state index in [2.05, 4.69) is 52.0 Å². The number of hydrogen-bond donors (Lipinski definition) is 0. The maximum atomic E-state index is 2.35. The lowest BCUT2D eigenvalue weighted by Gasteiger charge is -2.19. The number of benzene rings is 2. The molecule has 0 spiro atoms. The summed E-state index contributed by atoms with van der Waals surface area (Å²) in [4.78, 5) is 0. The van der Waals surface area contributed by atoms with E-state index in [0.29, 0.717) is 0 Å². The van der Waals surface area contributed by atoms with Crippen molar-refractivity contribution in [3.05, 3.63) is 57.6 Å². The Morgan fingerprint density at radius 1 is 0.731 bits per heavy atom. The average Bonchev–Trinajstić information content (AvgIpc) is 3.03. The van der Waals surface area contributed by atoms with Gasteiger partial charge in [0.15, 0.2) is 0 Å². The molecule has 0 aliphatic heterocycles. The van der Waals surface area contributed by atoms with E-state index in [0.717, 1.165) is 6.42 Å². The van der Waals surface area contributed by atoms with Crippen LogP contribution in [0.25, 0.3) is 11.1 Å². The summed E-state index contributed by atoms with van der Waals surface area (Å²) in [5.41, 5.74) is 12.4. The van der Waals surface area contributed by atoms with Crippen LogP contribution in [0.3, 0.4) is 0 Å². The lowest BCUT2D eigenvalue weighted by molar-refractivity contribution is 0.575. The van der Waals surface area contributed by atoms with Crippen molar-refractivity contribution >= 4 is 0 Å². The molecule has 0 nitrogen and oxygen atoms in total. The number of unbranched alkanes of at least 4 members (excludes halogenated alkanes) is 7. The maximum Gasteiger partial charge on any atom is -0.00105 e. The average molecular weight is 349 g/mol. The predicted molar refractivity (Wildman–Crippen MR) is 115 cm³/mol. The standard InChI is InChI=1S/C26H36/c1-5-6-7-8-9-10-11-12-16-23-20(3)19(2)21(4)26-24-17-14-13-15-22(24)18-25(23)26/h13-15,17H,5-12,16,18H2,1-4H3. The summed E-state index contributed by atoms with van der Waals surface area (Å²) in [6, 6.07) is 9.03. The highest BCUT2D eigenvalue weighted by molar-refractivity contribution is 5.82. The first-order chi connectivity index (χ1) is 12.6. The van der Waals surface area contributed by atoms with Gasteiger partial charge in [0.25, 0.3) is 0 Å². The molecule has 0 amide bonds. The lowest BCUT2D eigenvalue weighted by Crippen LogP contribution is -2.02. The van der Waals surface area contributed by atoms with E-state index >= 15 is 0 Å². The van der Waals surface area contributed by atoms with Gasteiger partial charge in [0, 0.05) is 0 Å². The van der Waals surface area contributed by atoms with Crippen LogP contribution in [-0.4, -0.2) is 0 Å². The van der Waals surface area contributed by atoms with E-state index in [4.69, 9.17) is 0 Å². The van der Waals surface area contributed by atoms with Gasteiger partial charge in [-0.25, -0.2) is 0 Å². The molecular weight excluding hydrogens is 312 g/mol. The number of rotatable bonds is 9. The first-order valence-corrected chi connectivity index (χ1v) is 10.8. The van der Waals surface area contributed by atoms with Gasteiger partial charge in [-0.3, -0.25) is 0 Å². The van der Waals surface area contributed by atoms with Crippen LogP contribution in [-0.2, 0) is 12.8 Å². The number of hydrogen-bond acceptors (Lipinski definition) is 0. The highest BCUT2D eigenvalue weighted by Gasteiger charge is 2.25. The minimum atomic E-state index is 1.14. The molecule has 0 saturated carbocycles. The van der Waals surface area contributed by atoms with Crippen LogP contribution in [0.1, 0.15) is 91.7 Å². The molecule has 0 N–H and O–H groups in total. The third kappa shape index (κ3) is 3.90. The molecule has 140 valence electrons. The second-order valence-electron chi connectivity index (χ2n) is 8.27. The van der Waals surface area contributed by atoms with Crippen molar-refractivity contribution in [2.24, 2.45) is 0 Å². The molecule has 0 fully saturated rings. The smallest absolute Gasteiger partial charge is 0.00105 e. The molecule has 1 aliphatic carbocycles. The van der Waals surface area contributed by atoms with E-state index in [-0.39, 0.29) is 0 Å². The summed E-state index contributed by atoms with van der Waals surface area (Å²) in [5, 5.41) is 0. The quantitative estimate of drug-likeness (QED) is 0.345. The lowest BCUT2D eigenvalue weighted by atomic mass is 9.86. The van der Waals surface area contributed by atoms with Gasteiger partial charge in [0.1, 0.15) is 0 Å². The Balaban J connectivity index is 1.68. The molecule has 0 saturated heterocycles. The second kappa shape index (κ2) is 8.89. The SMILES string of the molecule is CCCCCCCCCCc1c(C)c(C)c(C)c2c1Cc1ccccc1-2. The second-order valence-corrected chi connectivity index (χ2v) is 8.27. The Morgan fingerprint density at radius 3 is 2.12 bits per heavy atom. The van der Waals surface area contributed by atoms with E-state index in [1.54, 1.807) is 22.3 Å². The molecule has 2 aromatic rings. The van der Waals surface area contributed by atoms with Gasteiger partial charge in [-0.05, 0) is 84.5 Å². The molecule has 0 aromatic heterocycles. The predicted octanol–water partition coefficient (Wildman–Crippen LogP) is 7.87. The van der Waals surface area contributed by atoms with Gasteiger partial charge in [-0.2, -0.15) is 0 Å². The van der Waals surface area contributed by atoms with E-state index in [1.807, 2.05) is 0 Å². The largest absolute Gasteiger partial charge is 0.0654 e. The van der Waals surface area contributed by atoms with Crippen molar-refractivity contribution in [1.82, 2.24) is 0 Å². The Kier molecular flexibility index (Phi) is 6.57. The molecule has 1 aliphatic rings. The Labute approximate surface area is 161 Å². The summed E-state index contributed by atoms with van der Waals surface area (Å²) in [5.74, 6) is 0. The highest BCUT2D eigenvalue weighted by atomic mass is 14.3. The Hall–Kier alpha value is -1.56. The first kappa shape index (κ1) is 19.2. The van der Waals surface area contributed by atoms with Gasteiger partial charge in [-0.15, -0.1) is 0 Å². The normalized spacial score (nSPS) is 12.3. The Bertz CT molecular complexity index is 751. The van der Waals surface area contributed by atoms with Crippen molar-refractivity contribution < 1.29 is 0 Å². The molecule has 0 heterocycles. The van der Waals surface area contributed by atoms with E-state index < -0.39 is 0 Å².